The molecule has 2 N–H and O–H groups in total. The maximum Gasteiger partial charge on any atom is 0.387 e. The first-order valence-electron chi connectivity index (χ1n) is 16.5. The summed E-state index contributed by atoms with van der Waals surface area (Å²) >= 11 is 0.380. The van der Waals surface area contributed by atoms with E-state index in [-0.39, 0.29) is 24.2 Å². The summed E-state index contributed by atoms with van der Waals surface area (Å²) in [4.78, 5) is 59.8. The summed E-state index contributed by atoms with van der Waals surface area (Å²) in [7, 11) is 0. The van der Waals surface area contributed by atoms with Gasteiger partial charge in [0.2, 0.25) is 0 Å². The molecule has 7 rings (SSSR count). The molecule has 0 saturated carbocycles. The van der Waals surface area contributed by atoms with E-state index in [1.54, 1.807) is 0 Å². The Morgan fingerprint density at radius 2 is 1.61 bits per heavy atom. The van der Waals surface area contributed by atoms with Gasteiger partial charge in [-0.25, -0.2) is 9.36 Å². The number of aromatic amines is 1. The van der Waals surface area contributed by atoms with Crippen molar-refractivity contribution in [2.24, 2.45) is 0 Å². The van der Waals surface area contributed by atoms with Gasteiger partial charge in [-0.15, -0.1) is 0 Å². The molecule has 4 aromatic carbocycles. The molecule has 0 bridgehead atoms. The summed E-state index contributed by atoms with van der Waals surface area (Å²) < 4.78 is 40.2. The van der Waals surface area contributed by atoms with Gasteiger partial charge in [-0.2, -0.15) is 0 Å². The first-order chi connectivity index (χ1) is 25.9. The van der Waals surface area contributed by atoms with Crippen molar-refractivity contribution in [2.45, 2.75) is 43.1 Å². The van der Waals surface area contributed by atoms with Crippen LogP contribution in [0.15, 0.2) is 113 Å². The number of nitrogens with one attached hydrogen (secondary N) is 1. The molecule has 0 amide bonds. The van der Waals surface area contributed by atoms with Crippen LogP contribution in [0, 0.1) is 27.2 Å². The van der Waals surface area contributed by atoms with Crippen LogP contribution in [-0.4, -0.2) is 43.1 Å². The van der Waals surface area contributed by atoms with Gasteiger partial charge in [0, 0.05) is 46.7 Å². The third-order valence-corrected chi connectivity index (χ3v) is 12.1. The molecule has 54 heavy (non-hydrogen) atoms. The normalized spacial score (nSPS) is 19.6. The number of para-hydroxylation sites is 2. The summed E-state index contributed by atoms with van der Waals surface area (Å²) in [5.41, 5.74) is -1.42. The average molecular weight is 775 g/mol. The molecule has 2 aliphatic heterocycles. The van der Waals surface area contributed by atoms with Crippen LogP contribution in [0.4, 0.5) is 11.4 Å². The maximum atomic E-state index is 13.7. The SMILES string of the molecule is Cc1cn([C@H]2C[C@H](OP(=O)(O)SCc3ccc([N+](=O)[O-])cc3[N+](=O)[O-])[C@@H](COC3(c4ccccc4)c4ccccc4Oc4ccccc43)O2)c(=O)[nH]c1=O. The third-order valence-electron chi connectivity index (χ3n) is 9.16. The van der Waals surface area contributed by atoms with Gasteiger partial charge in [-0.3, -0.25) is 39.1 Å². The molecule has 2 aliphatic rings. The van der Waals surface area contributed by atoms with Gasteiger partial charge >= 0.3 is 12.5 Å². The highest BCUT2D eigenvalue weighted by Gasteiger charge is 2.48. The number of fused-ring (bicyclic) bond motifs is 2. The van der Waals surface area contributed by atoms with Crippen LogP contribution in [0.2, 0.25) is 0 Å². The van der Waals surface area contributed by atoms with Crippen molar-refractivity contribution in [1.82, 2.24) is 9.55 Å². The molecule has 0 spiro atoms. The minimum absolute atomic E-state index is 0.0363. The van der Waals surface area contributed by atoms with Crippen LogP contribution < -0.4 is 16.0 Å². The Balaban J connectivity index is 1.23. The first-order valence-corrected chi connectivity index (χ1v) is 19.6. The molecule has 5 aromatic rings. The van der Waals surface area contributed by atoms with Crippen molar-refractivity contribution >= 4 is 29.6 Å². The van der Waals surface area contributed by atoms with Crippen molar-refractivity contribution in [2.75, 3.05) is 6.61 Å². The number of H-pyrrole nitrogens is 1. The van der Waals surface area contributed by atoms with E-state index in [4.69, 9.17) is 18.7 Å². The lowest BCUT2D eigenvalue weighted by atomic mass is 9.77. The molecule has 1 unspecified atom stereocenters. The molecule has 0 aliphatic carbocycles. The quantitative estimate of drug-likeness (QED) is 0.0789. The Labute approximate surface area is 309 Å². The number of hydrogen-bond acceptors (Lipinski definition) is 12. The van der Waals surface area contributed by atoms with Gasteiger partial charge in [-0.05, 0) is 42.1 Å². The average Bonchev–Trinajstić information content (AvgIpc) is 3.55. The molecule has 18 heteroatoms. The topological polar surface area (TPSA) is 215 Å². The number of hydrogen-bond donors (Lipinski definition) is 2. The number of nitro groups is 2. The summed E-state index contributed by atoms with van der Waals surface area (Å²) in [6.45, 7) is -3.38. The van der Waals surface area contributed by atoms with Gasteiger partial charge in [0.05, 0.1) is 22.5 Å². The number of aryl methyl sites for hydroxylation is 1. The molecule has 4 atom stereocenters. The van der Waals surface area contributed by atoms with Gasteiger partial charge in [-0.1, -0.05) is 66.7 Å². The van der Waals surface area contributed by atoms with E-state index in [1.807, 2.05) is 78.9 Å². The second-order valence-electron chi connectivity index (χ2n) is 12.5. The molecule has 3 heterocycles. The Morgan fingerprint density at radius 1 is 0.963 bits per heavy atom. The zero-order chi connectivity index (χ0) is 38.2. The monoisotopic (exact) mass is 774 g/mol. The van der Waals surface area contributed by atoms with E-state index in [0.717, 1.165) is 28.3 Å². The van der Waals surface area contributed by atoms with Gasteiger partial charge in [0.15, 0.2) is 5.60 Å². The fourth-order valence-corrected chi connectivity index (χ4v) is 9.22. The van der Waals surface area contributed by atoms with E-state index >= 15 is 0 Å². The molecule has 278 valence electrons. The second kappa shape index (κ2) is 14.8. The van der Waals surface area contributed by atoms with E-state index in [2.05, 4.69) is 4.98 Å². The number of ether oxygens (including phenoxy) is 3. The molecule has 0 radical (unpaired) electrons. The molecule has 1 fully saturated rings. The summed E-state index contributed by atoms with van der Waals surface area (Å²) in [5.74, 6) is 0.693. The molecule has 1 saturated heterocycles. The number of nitrogens with zero attached hydrogens (tertiary/aromatic N) is 3. The molecular weight excluding hydrogens is 743 g/mol. The molecule has 1 aromatic heterocycles. The Hall–Kier alpha value is -5.42. The van der Waals surface area contributed by atoms with Gasteiger partial charge in [0.25, 0.3) is 16.9 Å². The highest BCUT2D eigenvalue weighted by atomic mass is 32.7. The smallest absolute Gasteiger partial charge is 0.387 e. The largest absolute Gasteiger partial charge is 0.457 e. The number of nitro benzene ring substituents is 2. The van der Waals surface area contributed by atoms with Gasteiger partial charge in [0.1, 0.15) is 29.9 Å². The van der Waals surface area contributed by atoms with Crippen molar-refractivity contribution < 1.29 is 38.0 Å². The van der Waals surface area contributed by atoms with Crippen LogP contribution >= 0.6 is 18.2 Å². The van der Waals surface area contributed by atoms with Crippen molar-refractivity contribution in [1.29, 1.82) is 0 Å². The highest BCUT2D eigenvalue weighted by molar-refractivity contribution is 8.54. The molecular formula is C36H31N4O12PS. The minimum Gasteiger partial charge on any atom is -0.457 e. The van der Waals surface area contributed by atoms with Crippen molar-refractivity contribution in [3.63, 3.8) is 0 Å². The van der Waals surface area contributed by atoms with E-state index in [0.29, 0.717) is 34.0 Å². The first kappa shape index (κ1) is 36.9. The summed E-state index contributed by atoms with van der Waals surface area (Å²) in [6, 6.07) is 27.2. The second-order valence-corrected chi connectivity index (χ2v) is 16.4. The lowest BCUT2D eigenvalue weighted by Gasteiger charge is -2.41. The maximum absolute atomic E-state index is 13.7. The Kier molecular flexibility index (Phi) is 10.1. The number of benzene rings is 4. The van der Waals surface area contributed by atoms with Crippen LogP contribution in [0.5, 0.6) is 11.5 Å². The fraction of sp³-hybridized carbons (Fsp3) is 0.222. The minimum atomic E-state index is -4.65. The standard InChI is InChI=1S/C36H31N4O12PS/c1-22-19-38(35(42)37-34(22)41)33-18-31(52-53(47,48)54-21-23-15-16-25(39(43)44)17-28(23)40(45)46)32(51-33)20-49-36(24-9-3-2-4-10-24)26-11-5-7-13-29(26)50-30-14-8-6-12-27(30)36/h2-17,19,31-33H,18,20-21H2,1H3,(H,47,48)(H,37,41,42)/t31-,32+,33+/m0/s1. The number of rotatable bonds is 12. The summed E-state index contributed by atoms with van der Waals surface area (Å²) in [6.07, 6.45) is -2.12. The van der Waals surface area contributed by atoms with Gasteiger partial charge < -0.3 is 19.1 Å². The van der Waals surface area contributed by atoms with E-state index in [1.165, 1.54) is 13.1 Å². The predicted molar refractivity (Wildman–Crippen MR) is 196 cm³/mol. The highest BCUT2D eigenvalue weighted by Crippen LogP contribution is 2.60. The number of aromatic nitrogens is 2. The van der Waals surface area contributed by atoms with Crippen LogP contribution in [0.1, 0.15) is 40.5 Å². The predicted octanol–water partition coefficient (Wildman–Crippen LogP) is 6.48. The zero-order valence-corrected chi connectivity index (χ0v) is 30.0. The fourth-order valence-electron chi connectivity index (χ4n) is 6.63. The Morgan fingerprint density at radius 3 is 2.26 bits per heavy atom. The molecule has 16 nitrogen and oxygen atoms in total. The van der Waals surface area contributed by atoms with Crippen molar-refractivity contribution in [3.8, 4) is 11.5 Å². The van der Waals surface area contributed by atoms with Crippen LogP contribution in [-0.2, 0) is 29.9 Å². The third kappa shape index (κ3) is 7.12. The van der Waals surface area contributed by atoms with Crippen LogP contribution in [0.25, 0.3) is 0 Å². The van der Waals surface area contributed by atoms with Crippen molar-refractivity contribution in [3.05, 3.63) is 172 Å². The zero-order valence-electron chi connectivity index (χ0n) is 28.3. The van der Waals surface area contributed by atoms with E-state index in [9.17, 15) is 39.3 Å². The van der Waals surface area contributed by atoms with Crippen LogP contribution in [0.3, 0.4) is 0 Å². The lowest BCUT2D eigenvalue weighted by Crippen LogP contribution is -2.40. The lowest BCUT2D eigenvalue weighted by molar-refractivity contribution is -0.394. The summed E-state index contributed by atoms with van der Waals surface area (Å²) in [5, 5.41) is 22.9. The Bertz CT molecular complexity index is 2380. The number of non-ortho nitro benzene ring substituents is 1. The van der Waals surface area contributed by atoms with E-state index < -0.39 is 69.1 Å².